The van der Waals surface area contributed by atoms with E-state index in [-0.39, 0.29) is 16.8 Å². The van der Waals surface area contributed by atoms with Crippen LogP contribution in [0.3, 0.4) is 0 Å². The van der Waals surface area contributed by atoms with Crippen LogP contribution in [0, 0.1) is 11.6 Å². The number of benzene rings is 2. The largest absolute Gasteiger partial charge is 0.491 e. The highest BCUT2D eigenvalue weighted by atomic mass is 79.9. The van der Waals surface area contributed by atoms with Crippen LogP contribution < -0.4 is 4.74 Å². The molecule has 0 saturated heterocycles. The zero-order chi connectivity index (χ0) is 14.4. The highest BCUT2D eigenvalue weighted by Gasteiger charge is 2.08. The SMILES string of the molecule is Fc1cc(OCCOCc2ccccc2)cc(F)c1Br. The van der Waals surface area contributed by atoms with Gasteiger partial charge in [0.1, 0.15) is 24.0 Å². The lowest BCUT2D eigenvalue weighted by atomic mass is 10.2. The summed E-state index contributed by atoms with van der Waals surface area (Å²) in [4.78, 5) is 0. The maximum Gasteiger partial charge on any atom is 0.144 e. The van der Waals surface area contributed by atoms with E-state index in [2.05, 4.69) is 15.9 Å². The summed E-state index contributed by atoms with van der Waals surface area (Å²) >= 11 is 2.80. The minimum absolute atomic E-state index is 0.145. The standard InChI is InChI=1S/C15H13BrF2O2/c16-15-13(17)8-12(9-14(15)18)20-7-6-19-10-11-4-2-1-3-5-11/h1-5,8-9H,6-7,10H2. The number of ether oxygens (including phenoxy) is 2. The number of hydrogen-bond acceptors (Lipinski definition) is 2. The summed E-state index contributed by atoms with van der Waals surface area (Å²) in [7, 11) is 0. The van der Waals surface area contributed by atoms with Crippen molar-refractivity contribution in [1.82, 2.24) is 0 Å². The monoisotopic (exact) mass is 342 g/mol. The van der Waals surface area contributed by atoms with Crippen LogP contribution in [0.1, 0.15) is 5.56 Å². The third-order valence-corrected chi connectivity index (χ3v) is 3.32. The summed E-state index contributed by atoms with van der Waals surface area (Å²) in [6.07, 6.45) is 0. The smallest absolute Gasteiger partial charge is 0.144 e. The summed E-state index contributed by atoms with van der Waals surface area (Å²) in [5.41, 5.74) is 1.06. The summed E-state index contributed by atoms with van der Waals surface area (Å²) < 4.78 is 36.9. The molecule has 106 valence electrons. The Morgan fingerprint density at radius 2 is 1.60 bits per heavy atom. The Labute approximate surface area is 124 Å². The first-order chi connectivity index (χ1) is 9.66. The first-order valence-electron chi connectivity index (χ1n) is 6.06. The lowest BCUT2D eigenvalue weighted by Crippen LogP contribution is -2.07. The fraction of sp³-hybridized carbons (Fsp3) is 0.200. The van der Waals surface area contributed by atoms with Gasteiger partial charge >= 0.3 is 0 Å². The number of hydrogen-bond donors (Lipinski definition) is 0. The van der Waals surface area contributed by atoms with E-state index in [1.165, 1.54) is 0 Å². The van der Waals surface area contributed by atoms with Gasteiger partial charge in [-0.3, -0.25) is 0 Å². The van der Waals surface area contributed by atoms with Crippen molar-refractivity contribution in [1.29, 1.82) is 0 Å². The molecule has 2 aromatic rings. The predicted octanol–water partition coefficient (Wildman–Crippen LogP) is 4.32. The molecule has 0 fully saturated rings. The van der Waals surface area contributed by atoms with Gasteiger partial charge in [0.25, 0.3) is 0 Å². The molecule has 0 aliphatic carbocycles. The van der Waals surface area contributed by atoms with Crippen molar-refractivity contribution < 1.29 is 18.3 Å². The maximum atomic E-state index is 13.2. The van der Waals surface area contributed by atoms with Crippen molar-refractivity contribution in [2.24, 2.45) is 0 Å². The van der Waals surface area contributed by atoms with Crippen molar-refractivity contribution in [2.75, 3.05) is 13.2 Å². The third-order valence-electron chi connectivity index (χ3n) is 2.57. The van der Waals surface area contributed by atoms with Crippen LogP contribution in [0.4, 0.5) is 8.78 Å². The number of halogens is 3. The van der Waals surface area contributed by atoms with Crippen molar-refractivity contribution in [3.63, 3.8) is 0 Å². The molecule has 0 aliphatic heterocycles. The van der Waals surface area contributed by atoms with Crippen molar-refractivity contribution in [3.8, 4) is 5.75 Å². The Hall–Kier alpha value is -1.46. The van der Waals surface area contributed by atoms with Gasteiger partial charge in [-0.1, -0.05) is 30.3 Å². The second-order valence-corrected chi connectivity index (χ2v) is 4.88. The van der Waals surface area contributed by atoms with Gasteiger partial charge in [0.15, 0.2) is 0 Å². The Kier molecular flexibility index (Phi) is 5.49. The second kappa shape index (κ2) is 7.36. The molecule has 2 nitrogen and oxygen atoms in total. The molecule has 0 spiro atoms. The molecule has 0 saturated carbocycles. The quantitative estimate of drug-likeness (QED) is 0.574. The molecule has 0 aromatic heterocycles. The van der Waals surface area contributed by atoms with Crippen LogP contribution in [0.5, 0.6) is 5.75 Å². The van der Waals surface area contributed by atoms with Crippen molar-refractivity contribution in [2.45, 2.75) is 6.61 Å². The van der Waals surface area contributed by atoms with Crippen molar-refractivity contribution >= 4 is 15.9 Å². The van der Waals surface area contributed by atoms with Crippen LogP contribution in [-0.2, 0) is 11.3 Å². The van der Waals surface area contributed by atoms with E-state index in [1.54, 1.807) is 0 Å². The Balaban J connectivity index is 1.74. The van der Waals surface area contributed by atoms with Crippen LogP contribution in [0.2, 0.25) is 0 Å². The topological polar surface area (TPSA) is 18.5 Å². The molecular formula is C15H13BrF2O2. The summed E-state index contributed by atoms with van der Waals surface area (Å²) in [6, 6.07) is 12.0. The predicted molar refractivity (Wildman–Crippen MR) is 75.7 cm³/mol. The number of rotatable bonds is 6. The van der Waals surface area contributed by atoms with E-state index in [0.717, 1.165) is 17.7 Å². The highest BCUT2D eigenvalue weighted by molar-refractivity contribution is 9.10. The molecule has 0 bridgehead atoms. The zero-order valence-electron chi connectivity index (χ0n) is 10.6. The van der Waals surface area contributed by atoms with Gasteiger partial charge in [0.2, 0.25) is 0 Å². The molecule has 0 heterocycles. The zero-order valence-corrected chi connectivity index (χ0v) is 12.2. The van der Waals surface area contributed by atoms with Crippen LogP contribution >= 0.6 is 15.9 Å². The lowest BCUT2D eigenvalue weighted by molar-refractivity contribution is 0.0887. The van der Waals surface area contributed by atoms with E-state index in [9.17, 15) is 8.78 Å². The lowest BCUT2D eigenvalue weighted by Gasteiger charge is -2.08. The van der Waals surface area contributed by atoms with Gasteiger partial charge in [0, 0.05) is 12.1 Å². The second-order valence-electron chi connectivity index (χ2n) is 4.09. The molecule has 0 unspecified atom stereocenters. The van der Waals surface area contributed by atoms with Crippen LogP contribution in [-0.4, -0.2) is 13.2 Å². The molecule has 0 amide bonds. The van der Waals surface area contributed by atoms with Crippen LogP contribution in [0.25, 0.3) is 0 Å². The first kappa shape index (κ1) is 14.9. The molecular weight excluding hydrogens is 330 g/mol. The first-order valence-corrected chi connectivity index (χ1v) is 6.85. The van der Waals surface area contributed by atoms with Gasteiger partial charge < -0.3 is 9.47 Å². The fourth-order valence-electron chi connectivity index (χ4n) is 1.60. The van der Waals surface area contributed by atoms with E-state index in [0.29, 0.717) is 13.2 Å². The van der Waals surface area contributed by atoms with Gasteiger partial charge in [0.05, 0.1) is 17.7 Å². The molecule has 0 atom stereocenters. The average molecular weight is 343 g/mol. The van der Waals surface area contributed by atoms with Gasteiger partial charge in [-0.05, 0) is 21.5 Å². The molecule has 0 N–H and O–H groups in total. The Bertz CT molecular complexity index is 538. The molecule has 0 aliphatic rings. The van der Waals surface area contributed by atoms with Gasteiger partial charge in [-0.2, -0.15) is 0 Å². The minimum Gasteiger partial charge on any atom is -0.491 e. The molecule has 2 rings (SSSR count). The summed E-state index contributed by atoms with van der Waals surface area (Å²) in [5, 5.41) is 0. The molecule has 0 radical (unpaired) electrons. The summed E-state index contributed by atoms with van der Waals surface area (Å²) in [5.74, 6) is -1.23. The Morgan fingerprint density at radius 3 is 2.25 bits per heavy atom. The molecule has 5 heteroatoms. The van der Waals surface area contributed by atoms with E-state index < -0.39 is 11.6 Å². The molecule has 2 aromatic carbocycles. The van der Waals surface area contributed by atoms with E-state index in [1.807, 2.05) is 30.3 Å². The van der Waals surface area contributed by atoms with E-state index >= 15 is 0 Å². The Morgan fingerprint density at radius 1 is 0.950 bits per heavy atom. The highest BCUT2D eigenvalue weighted by Crippen LogP contribution is 2.24. The maximum absolute atomic E-state index is 13.2. The summed E-state index contributed by atoms with van der Waals surface area (Å²) in [6.45, 7) is 1.05. The van der Waals surface area contributed by atoms with Crippen molar-refractivity contribution in [3.05, 3.63) is 64.1 Å². The normalized spacial score (nSPS) is 10.6. The minimum atomic E-state index is -0.690. The molecule has 20 heavy (non-hydrogen) atoms. The fourth-order valence-corrected chi connectivity index (χ4v) is 1.83. The van der Waals surface area contributed by atoms with Crippen LogP contribution in [0.15, 0.2) is 46.9 Å². The van der Waals surface area contributed by atoms with Gasteiger partial charge in [-0.15, -0.1) is 0 Å². The third kappa shape index (κ3) is 4.28. The van der Waals surface area contributed by atoms with Gasteiger partial charge in [-0.25, -0.2) is 8.78 Å². The average Bonchev–Trinajstić information content (AvgIpc) is 2.45. The van der Waals surface area contributed by atoms with E-state index in [4.69, 9.17) is 9.47 Å².